The monoisotopic (exact) mass is 362 g/mol. The average molecular weight is 362 g/mol. The Balaban J connectivity index is 2.01. The molecule has 0 aliphatic rings. The fraction of sp³-hybridized carbons (Fsp3) is 0.235. The Morgan fingerprint density at radius 3 is 2.36 bits per heavy atom. The van der Waals surface area contributed by atoms with E-state index in [1.165, 1.54) is 30.6 Å². The van der Waals surface area contributed by atoms with Crippen LogP contribution < -0.4 is 11.1 Å². The van der Waals surface area contributed by atoms with Crippen molar-refractivity contribution in [1.29, 1.82) is 0 Å². The molecule has 132 valence electrons. The molecule has 0 spiro atoms. The SMILES string of the molecule is COC(=O)c1c(NC(=O)COC(=O)c2ccc(N)cc2)sc(C)c1C. The molecule has 3 N–H and O–H groups in total. The highest BCUT2D eigenvalue weighted by Gasteiger charge is 2.22. The summed E-state index contributed by atoms with van der Waals surface area (Å²) in [6.45, 7) is 3.14. The first kappa shape index (κ1) is 18.5. The van der Waals surface area contributed by atoms with E-state index in [0.29, 0.717) is 21.8 Å². The van der Waals surface area contributed by atoms with E-state index < -0.39 is 24.5 Å². The zero-order valence-corrected chi connectivity index (χ0v) is 14.9. The minimum atomic E-state index is -0.637. The zero-order valence-electron chi connectivity index (χ0n) is 14.0. The molecule has 0 saturated carbocycles. The Kier molecular flexibility index (Phi) is 5.76. The molecule has 1 aromatic carbocycles. The molecule has 0 radical (unpaired) electrons. The van der Waals surface area contributed by atoms with Crippen LogP contribution in [0.5, 0.6) is 0 Å². The number of benzene rings is 1. The summed E-state index contributed by atoms with van der Waals surface area (Å²) < 4.78 is 9.70. The summed E-state index contributed by atoms with van der Waals surface area (Å²) in [5, 5.41) is 2.96. The number of ether oxygens (including phenoxy) is 2. The minimum absolute atomic E-state index is 0.292. The highest BCUT2D eigenvalue weighted by atomic mass is 32.1. The Bertz CT molecular complexity index is 811. The third-order valence-electron chi connectivity index (χ3n) is 3.51. The van der Waals surface area contributed by atoms with Crippen LogP contribution in [0.2, 0.25) is 0 Å². The zero-order chi connectivity index (χ0) is 18.6. The molecule has 0 aliphatic heterocycles. The molecule has 8 heteroatoms. The number of thiophene rings is 1. The van der Waals surface area contributed by atoms with Gasteiger partial charge in [-0.15, -0.1) is 11.3 Å². The van der Waals surface area contributed by atoms with E-state index >= 15 is 0 Å². The Morgan fingerprint density at radius 1 is 1.12 bits per heavy atom. The van der Waals surface area contributed by atoms with Crippen molar-refractivity contribution in [3.05, 3.63) is 45.8 Å². The van der Waals surface area contributed by atoms with Crippen molar-refractivity contribution in [2.24, 2.45) is 0 Å². The predicted molar refractivity (Wildman–Crippen MR) is 94.9 cm³/mol. The van der Waals surface area contributed by atoms with Crippen LogP contribution in [0.1, 0.15) is 31.2 Å². The third kappa shape index (κ3) is 4.36. The lowest BCUT2D eigenvalue weighted by Gasteiger charge is -2.07. The van der Waals surface area contributed by atoms with Gasteiger partial charge in [0, 0.05) is 10.6 Å². The molecule has 2 rings (SSSR count). The second kappa shape index (κ2) is 7.80. The van der Waals surface area contributed by atoms with Gasteiger partial charge in [0.1, 0.15) is 5.00 Å². The maximum atomic E-state index is 12.0. The summed E-state index contributed by atoms with van der Waals surface area (Å²) in [6, 6.07) is 6.15. The second-order valence-electron chi connectivity index (χ2n) is 5.23. The molecule has 0 bridgehead atoms. The van der Waals surface area contributed by atoms with Gasteiger partial charge in [0.2, 0.25) is 0 Å². The Hall–Kier alpha value is -2.87. The van der Waals surface area contributed by atoms with Gasteiger partial charge in [0.25, 0.3) is 5.91 Å². The van der Waals surface area contributed by atoms with Crippen molar-refractivity contribution in [3.63, 3.8) is 0 Å². The first-order valence-electron chi connectivity index (χ1n) is 7.34. The van der Waals surface area contributed by atoms with Crippen molar-refractivity contribution in [3.8, 4) is 0 Å². The first-order valence-corrected chi connectivity index (χ1v) is 8.16. The van der Waals surface area contributed by atoms with Gasteiger partial charge in [-0.05, 0) is 43.7 Å². The van der Waals surface area contributed by atoms with E-state index in [2.05, 4.69) is 5.32 Å². The fourth-order valence-electron chi connectivity index (χ4n) is 2.06. The van der Waals surface area contributed by atoms with Crippen molar-refractivity contribution < 1.29 is 23.9 Å². The fourth-order valence-corrected chi connectivity index (χ4v) is 3.12. The summed E-state index contributed by atoms with van der Waals surface area (Å²) in [4.78, 5) is 36.7. The van der Waals surface area contributed by atoms with Gasteiger partial charge in [-0.2, -0.15) is 0 Å². The van der Waals surface area contributed by atoms with Crippen LogP contribution in [-0.4, -0.2) is 31.6 Å². The molecular weight excluding hydrogens is 344 g/mol. The number of anilines is 2. The number of nitrogens with two attached hydrogens (primary N) is 1. The van der Waals surface area contributed by atoms with E-state index in [-0.39, 0.29) is 0 Å². The van der Waals surface area contributed by atoms with E-state index in [4.69, 9.17) is 15.2 Å². The van der Waals surface area contributed by atoms with Crippen LogP contribution in [0, 0.1) is 13.8 Å². The lowest BCUT2D eigenvalue weighted by Crippen LogP contribution is -2.21. The van der Waals surface area contributed by atoms with Crippen LogP contribution in [0.15, 0.2) is 24.3 Å². The summed E-state index contributed by atoms with van der Waals surface area (Å²) in [6.07, 6.45) is 0. The first-order chi connectivity index (χ1) is 11.8. The van der Waals surface area contributed by atoms with Gasteiger partial charge in [-0.3, -0.25) is 4.79 Å². The van der Waals surface area contributed by atoms with Gasteiger partial charge in [-0.1, -0.05) is 0 Å². The Morgan fingerprint density at radius 2 is 1.76 bits per heavy atom. The number of methoxy groups -OCH3 is 1. The van der Waals surface area contributed by atoms with Crippen LogP contribution in [0.3, 0.4) is 0 Å². The van der Waals surface area contributed by atoms with Crippen LogP contribution in [0.4, 0.5) is 10.7 Å². The van der Waals surface area contributed by atoms with Gasteiger partial charge < -0.3 is 20.5 Å². The second-order valence-corrected chi connectivity index (χ2v) is 6.45. The average Bonchev–Trinajstić information content (AvgIpc) is 2.86. The minimum Gasteiger partial charge on any atom is -0.465 e. The molecule has 7 nitrogen and oxygen atoms in total. The molecule has 0 atom stereocenters. The van der Waals surface area contributed by atoms with Gasteiger partial charge in [0.05, 0.1) is 18.2 Å². The number of hydrogen-bond donors (Lipinski definition) is 2. The summed E-state index contributed by atoms with van der Waals surface area (Å²) in [5.41, 5.74) is 7.41. The number of carbonyl (C=O) groups is 3. The summed E-state index contributed by atoms with van der Waals surface area (Å²) in [5.74, 6) is -1.71. The molecule has 0 unspecified atom stereocenters. The molecule has 1 amide bonds. The smallest absolute Gasteiger partial charge is 0.341 e. The van der Waals surface area contributed by atoms with Crippen molar-refractivity contribution in [1.82, 2.24) is 0 Å². The lowest BCUT2D eigenvalue weighted by molar-refractivity contribution is -0.119. The van der Waals surface area contributed by atoms with E-state index in [0.717, 1.165) is 10.4 Å². The summed E-state index contributed by atoms with van der Waals surface area (Å²) >= 11 is 1.26. The highest BCUT2D eigenvalue weighted by Crippen LogP contribution is 2.32. The lowest BCUT2D eigenvalue weighted by atomic mass is 10.1. The highest BCUT2D eigenvalue weighted by molar-refractivity contribution is 7.16. The van der Waals surface area contributed by atoms with Crippen LogP contribution in [0.25, 0.3) is 0 Å². The van der Waals surface area contributed by atoms with Crippen LogP contribution >= 0.6 is 11.3 Å². The molecule has 25 heavy (non-hydrogen) atoms. The van der Waals surface area contributed by atoms with Gasteiger partial charge >= 0.3 is 11.9 Å². The number of aryl methyl sites for hydroxylation is 1. The largest absolute Gasteiger partial charge is 0.465 e. The molecule has 0 aliphatic carbocycles. The quantitative estimate of drug-likeness (QED) is 0.625. The number of nitrogens with one attached hydrogen (secondary N) is 1. The van der Waals surface area contributed by atoms with Crippen molar-refractivity contribution >= 4 is 39.9 Å². The predicted octanol–water partition coefficient (Wildman–Crippen LogP) is 2.53. The molecule has 2 aromatic rings. The van der Waals surface area contributed by atoms with Crippen molar-refractivity contribution in [2.45, 2.75) is 13.8 Å². The number of rotatable bonds is 5. The van der Waals surface area contributed by atoms with Gasteiger partial charge in [-0.25, -0.2) is 9.59 Å². The maximum absolute atomic E-state index is 12.0. The maximum Gasteiger partial charge on any atom is 0.341 e. The Labute approximate surface area is 148 Å². The molecule has 0 fully saturated rings. The molecule has 1 aromatic heterocycles. The summed E-state index contributed by atoms with van der Waals surface area (Å²) in [7, 11) is 1.27. The number of hydrogen-bond acceptors (Lipinski definition) is 7. The number of esters is 2. The van der Waals surface area contributed by atoms with Crippen molar-refractivity contribution in [2.75, 3.05) is 24.8 Å². The van der Waals surface area contributed by atoms with Gasteiger partial charge in [0.15, 0.2) is 6.61 Å². The van der Waals surface area contributed by atoms with E-state index in [1.54, 1.807) is 19.1 Å². The number of amides is 1. The normalized spacial score (nSPS) is 10.2. The van der Waals surface area contributed by atoms with E-state index in [1.807, 2.05) is 6.92 Å². The topological polar surface area (TPSA) is 108 Å². The van der Waals surface area contributed by atoms with Crippen LogP contribution in [-0.2, 0) is 14.3 Å². The third-order valence-corrected chi connectivity index (χ3v) is 4.63. The molecular formula is C17H18N2O5S. The standard InChI is InChI=1S/C17H18N2O5S/c1-9-10(2)25-15(14(9)17(22)23-3)19-13(20)8-24-16(21)11-4-6-12(18)7-5-11/h4-7H,8,18H2,1-3H3,(H,19,20). The number of carbonyl (C=O) groups excluding carboxylic acids is 3. The molecule has 0 saturated heterocycles. The number of nitrogen functional groups attached to an aromatic ring is 1. The molecule has 1 heterocycles. The van der Waals surface area contributed by atoms with E-state index in [9.17, 15) is 14.4 Å².